The number of rotatable bonds is 3. The van der Waals surface area contributed by atoms with Crippen LogP contribution in [0.1, 0.15) is 15.9 Å². The van der Waals surface area contributed by atoms with Crippen LogP contribution in [0.15, 0.2) is 30.3 Å². The fourth-order valence-corrected chi connectivity index (χ4v) is 2.18. The van der Waals surface area contributed by atoms with Gasteiger partial charge in [-0.1, -0.05) is 29.3 Å². The van der Waals surface area contributed by atoms with Crippen molar-refractivity contribution in [1.29, 1.82) is 0 Å². The van der Waals surface area contributed by atoms with Crippen LogP contribution in [0.2, 0.25) is 10.0 Å². The van der Waals surface area contributed by atoms with Crippen LogP contribution in [-0.4, -0.2) is 13.0 Å². The third-order valence-electron chi connectivity index (χ3n) is 3.03. The highest BCUT2D eigenvalue weighted by Gasteiger charge is 2.15. The van der Waals surface area contributed by atoms with Gasteiger partial charge in [-0.05, 0) is 30.7 Å². The van der Waals surface area contributed by atoms with Crippen LogP contribution >= 0.6 is 23.2 Å². The van der Waals surface area contributed by atoms with E-state index >= 15 is 0 Å². The maximum Gasteiger partial charge on any atom is 0.257 e. The van der Waals surface area contributed by atoms with Crippen LogP contribution < -0.4 is 15.8 Å². The van der Waals surface area contributed by atoms with Crippen LogP contribution in [0.3, 0.4) is 0 Å². The molecule has 0 aliphatic rings. The second-order valence-corrected chi connectivity index (χ2v) is 5.27. The van der Waals surface area contributed by atoms with E-state index in [9.17, 15) is 4.79 Å². The summed E-state index contributed by atoms with van der Waals surface area (Å²) in [5.74, 6) is 0.106. The Morgan fingerprint density at radius 1 is 1.24 bits per heavy atom. The van der Waals surface area contributed by atoms with Gasteiger partial charge in [0.2, 0.25) is 0 Å². The lowest BCUT2D eigenvalue weighted by molar-refractivity contribution is 0.102. The van der Waals surface area contributed by atoms with Crippen molar-refractivity contribution in [1.82, 2.24) is 0 Å². The highest BCUT2D eigenvalue weighted by molar-refractivity contribution is 6.34. The maximum atomic E-state index is 12.3. The number of hydrogen-bond donors (Lipinski definition) is 2. The number of halogens is 2. The Balaban J connectivity index is 2.36. The van der Waals surface area contributed by atoms with Crippen molar-refractivity contribution >= 4 is 40.5 Å². The first-order valence-electron chi connectivity index (χ1n) is 6.13. The molecule has 0 aromatic heterocycles. The number of methoxy groups -OCH3 is 1. The third kappa shape index (κ3) is 3.23. The molecule has 2 aromatic rings. The molecular weight excluding hydrogens is 311 g/mol. The molecule has 0 fully saturated rings. The normalized spacial score (nSPS) is 10.3. The molecule has 2 aromatic carbocycles. The van der Waals surface area contributed by atoms with E-state index in [-0.39, 0.29) is 11.6 Å². The van der Waals surface area contributed by atoms with E-state index in [1.165, 1.54) is 7.11 Å². The second kappa shape index (κ2) is 6.24. The molecule has 0 heterocycles. The van der Waals surface area contributed by atoms with Crippen LogP contribution in [0, 0.1) is 6.92 Å². The van der Waals surface area contributed by atoms with Crippen molar-refractivity contribution < 1.29 is 9.53 Å². The molecule has 0 bridgehead atoms. The van der Waals surface area contributed by atoms with Gasteiger partial charge in [0.05, 0.1) is 29.1 Å². The lowest BCUT2D eigenvalue weighted by atomic mass is 10.1. The van der Waals surface area contributed by atoms with E-state index in [2.05, 4.69) is 5.32 Å². The number of ether oxygens (including phenoxy) is 1. The molecule has 0 spiro atoms. The number of carbonyl (C=O) groups is 1. The maximum absolute atomic E-state index is 12.3. The van der Waals surface area contributed by atoms with Gasteiger partial charge in [-0.15, -0.1) is 0 Å². The zero-order chi connectivity index (χ0) is 15.6. The number of para-hydroxylation sites is 1. The van der Waals surface area contributed by atoms with Gasteiger partial charge in [0, 0.05) is 11.1 Å². The first-order chi connectivity index (χ1) is 9.93. The molecule has 1 amide bonds. The Labute approximate surface area is 132 Å². The minimum Gasteiger partial charge on any atom is -0.495 e. The number of nitrogens with one attached hydrogen (secondary N) is 1. The summed E-state index contributed by atoms with van der Waals surface area (Å²) in [6.45, 7) is 1.84. The Morgan fingerprint density at radius 2 is 1.95 bits per heavy atom. The van der Waals surface area contributed by atoms with E-state index < -0.39 is 0 Å². The summed E-state index contributed by atoms with van der Waals surface area (Å²) in [4.78, 5) is 12.3. The van der Waals surface area contributed by atoms with Crippen LogP contribution in [0.5, 0.6) is 5.75 Å². The molecule has 0 saturated carbocycles. The molecule has 21 heavy (non-hydrogen) atoms. The molecule has 0 aliphatic carbocycles. The van der Waals surface area contributed by atoms with Crippen LogP contribution in [-0.2, 0) is 0 Å². The highest BCUT2D eigenvalue weighted by Crippen LogP contribution is 2.32. The molecular formula is C15H14Cl2N2O2. The molecule has 0 atom stereocenters. The van der Waals surface area contributed by atoms with E-state index in [1.807, 2.05) is 6.92 Å². The lowest BCUT2D eigenvalue weighted by Crippen LogP contribution is -2.15. The van der Waals surface area contributed by atoms with E-state index in [1.54, 1.807) is 30.3 Å². The van der Waals surface area contributed by atoms with E-state index in [0.717, 1.165) is 5.56 Å². The van der Waals surface area contributed by atoms with Crippen molar-refractivity contribution in [2.45, 2.75) is 6.92 Å². The smallest absolute Gasteiger partial charge is 0.257 e. The molecule has 2 rings (SSSR count). The zero-order valence-electron chi connectivity index (χ0n) is 11.5. The topological polar surface area (TPSA) is 64.3 Å². The monoisotopic (exact) mass is 324 g/mol. The Hall–Kier alpha value is -1.91. The zero-order valence-corrected chi connectivity index (χ0v) is 13.0. The predicted octanol–water partition coefficient (Wildman–Crippen LogP) is 4.14. The van der Waals surface area contributed by atoms with Gasteiger partial charge in [-0.2, -0.15) is 0 Å². The van der Waals surface area contributed by atoms with E-state index in [4.69, 9.17) is 33.7 Å². The predicted molar refractivity (Wildman–Crippen MR) is 86.6 cm³/mol. The average molecular weight is 325 g/mol. The SMILES string of the molecule is COc1cc(Cl)c(C)cc1NC(=O)c1cccc(Cl)c1N. The lowest BCUT2D eigenvalue weighted by Gasteiger charge is -2.13. The first-order valence-corrected chi connectivity index (χ1v) is 6.89. The van der Waals surface area contributed by atoms with Gasteiger partial charge in [0.25, 0.3) is 5.91 Å². The summed E-state index contributed by atoms with van der Waals surface area (Å²) in [7, 11) is 1.50. The average Bonchev–Trinajstić information content (AvgIpc) is 2.45. The van der Waals surface area contributed by atoms with Crippen LogP contribution in [0.25, 0.3) is 0 Å². The number of anilines is 2. The number of carbonyl (C=O) groups excluding carboxylic acids is 1. The summed E-state index contributed by atoms with van der Waals surface area (Å²) >= 11 is 12.0. The molecule has 0 unspecified atom stereocenters. The van der Waals surface area contributed by atoms with Crippen molar-refractivity contribution in [2.24, 2.45) is 0 Å². The summed E-state index contributed by atoms with van der Waals surface area (Å²) in [5, 5.41) is 3.65. The van der Waals surface area contributed by atoms with Crippen molar-refractivity contribution in [3.63, 3.8) is 0 Å². The largest absolute Gasteiger partial charge is 0.495 e. The van der Waals surface area contributed by atoms with Gasteiger partial charge in [-0.3, -0.25) is 4.79 Å². The highest BCUT2D eigenvalue weighted by atomic mass is 35.5. The molecule has 110 valence electrons. The Morgan fingerprint density at radius 3 is 2.62 bits per heavy atom. The molecule has 3 N–H and O–H groups in total. The fourth-order valence-electron chi connectivity index (χ4n) is 1.85. The van der Waals surface area contributed by atoms with Crippen molar-refractivity contribution in [2.75, 3.05) is 18.2 Å². The quantitative estimate of drug-likeness (QED) is 0.834. The Kier molecular flexibility index (Phi) is 4.60. The van der Waals surface area contributed by atoms with Crippen molar-refractivity contribution in [3.05, 3.63) is 51.5 Å². The number of hydrogen-bond acceptors (Lipinski definition) is 3. The summed E-state index contributed by atoms with van der Waals surface area (Å²) in [5.41, 5.74) is 7.70. The van der Waals surface area contributed by atoms with Gasteiger partial charge < -0.3 is 15.8 Å². The number of amides is 1. The fraction of sp³-hybridized carbons (Fsp3) is 0.133. The third-order valence-corrected chi connectivity index (χ3v) is 3.76. The first kappa shape index (κ1) is 15.5. The summed E-state index contributed by atoms with van der Waals surface area (Å²) in [6, 6.07) is 8.28. The molecule has 4 nitrogen and oxygen atoms in total. The minimum absolute atomic E-state index is 0.237. The minimum atomic E-state index is -0.366. The standard InChI is InChI=1S/C15H14Cl2N2O2/c1-8-6-12(13(21-2)7-11(8)17)19-15(20)9-4-3-5-10(16)14(9)18/h3-7H,18H2,1-2H3,(H,19,20). The van der Waals surface area contributed by atoms with Gasteiger partial charge in [0.1, 0.15) is 5.75 Å². The molecule has 6 heteroatoms. The molecule has 0 saturated heterocycles. The summed E-state index contributed by atoms with van der Waals surface area (Å²) in [6.07, 6.45) is 0. The van der Waals surface area contributed by atoms with Gasteiger partial charge in [-0.25, -0.2) is 0 Å². The number of aryl methyl sites for hydroxylation is 1. The van der Waals surface area contributed by atoms with Gasteiger partial charge in [0.15, 0.2) is 0 Å². The van der Waals surface area contributed by atoms with Crippen LogP contribution in [0.4, 0.5) is 11.4 Å². The number of nitrogens with two attached hydrogens (primary N) is 1. The summed E-state index contributed by atoms with van der Waals surface area (Å²) < 4.78 is 5.22. The molecule has 0 aliphatic heterocycles. The van der Waals surface area contributed by atoms with Crippen molar-refractivity contribution in [3.8, 4) is 5.75 Å². The van der Waals surface area contributed by atoms with Gasteiger partial charge >= 0.3 is 0 Å². The number of nitrogen functional groups attached to an aromatic ring is 1. The molecule has 0 radical (unpaired) electrons. The second-order valence-electron chi connectivity index (χ2n) is 4.46. The van der Waals surface area contributed by atoms with E-state index in [0.29, 0.717) is 27.0 Å². The Bertz CT molecular complexity index is 702. The number of benzene rings is 2.